The molecule has 0 fully saturated rings. The topological polar surface area (TPSA) is 67.9 Å². The molecule has 0 aliphatic heterocycles. The Kier molecular flexibility index (Phi) is 7.60. The fourth-order valence-corrected chi connectivity index (χ4v) is 2.64. The van der Waals surface area contributed by atoms with Gasteiger partial charge >= 0.3 is 0 Å². The maximum absolute atomic E-state index is 13.8. The van der Waals surface area contributed by atoms with E-state index in [0.717, 1.165) is 0 Å². The summed E-state index contributed by atoms with van der Waals surface area (Å²) < 4.78 is 24.7. The lowest BCUT2D eigenvalue weighted by Crippen LogP contribution is -2.40. The number of amides is 2. The molecule has 2 rings (SSSR count). The Bertz CT molecular complexity index is 816. The molecular weight excluding hydrogens is 419 g/mol. The van der Waals surface area contributed by atoms with Crippen molar-refractivity contribution in [1.29, 1.82) is 0 Å². The van der Waals surface area contributed by atoms with Gasteiger partial charge < -0.3 is 19.7 Å². The zero-order valence-electron chi connectivity index (χ0n) is 15.0. The average Bonchev–Trinajstić information content (AvgIpc) is 2.65. The predicted molar refractivity (Wildman–Crippen MR) is 103 cm³/mol. The van der Waals surface area contributed by atoms with Crippen LogP contribution in [0, 0.1) is 5.82 Å². The first-order chi connectivity index (χ1) is 12.9. The van der Waals surface area contributed by atoms with Crippen LogP contribution in [0.25, 0.3) is 0 Å². The molecule has 144 valence electrons. The van der Waals surface area contributed by atoms with Crippen LogP contribution in [-0.4, -0.2) is 43.5 Å². The van der Waals surface area contributed by atoms with E-state index in [1.165, 1.54) is 24.1 Å². The average molecular weight is 439 g/mol. The Labute approximate surface area is 165 Å². The second-order valence-corrected chi connectivity index (χ2v) is 6.44. The Hall–Kier alpha value is -2.61. The van der Waals surface area contributed by atoms with Crippen LogP contribution in [0.3, 0.4) is 0 Å². The van der Waals surface area contributed by atoms with Gasteiger partial charge in [0.05, 0.1) is 19.3 Å². The molecule has 27 heavy (non-hydrogen) atoms. The lowest BCUT2D eigenvalue weighted by Gasteiger charge is -2.21. The van der Waals surface area contributed by atoms with Gasteiger partial charge in [-0.3, -0.25) is 9.59 Å². The molecule has 0 radical (unpaired) electrons. The summed E-state index contributed by atoms with van der Waals surface area (Å²) in [6.45, 7) is 1.53. The van der Waals surface area contributed by atoms with Crippen molar-refractivity contribution in [2.75, 3.05) is 32.1 Å². The van der Waals surface area contributed by atoms with Gasteiger partial charge in [0.1, 0.15) is 5.75 Å². The second-order valence-electron chi connectivity index (χ2n) is 5.52. The van der Waals surface area contributed by atoms with Crippen LogP contribution in [0.15, 0.2) is 46.9 Å². The smallest absolute Gasteiger partial charge is 0.260 e. The fourth-order valence-electron chi connectivity index (χ4n) is 2.31. The quantitative estimate of drug-likeness (QED) is 0.684. The Morgan fingerprint density at radius 2 is 1.93 bits per heavy atom. The molecule has 0 atom stereocenters. The number of carbonyl (C=O) groups excluding carboxylic acids is 2. The monoisotopic (exact) mass is 438 g/mol. The molecule has 0 aliphatic carbocycles. The maximum Gasteiger partial charge on any atom is 0.260 e. The van der Waals surface area contributed by atoms with Crippen LogP contribution in [0.1, 0.15) is 6.92 Å². The van der Waals surface area contributed by atoms with E-state index in [0.29, 0.717) is 22.5 Å². The number of anilines is 1. The zero-order valence-corrected chi connectivity index (χ0v) is 16.6. The van der Waals surface area contributed by atoms with Crippen molar-refractivity contribution >= 4 is 33.4 Å². The summed E-state index contributed by atoms with van der Waals surface area (Å²) in [5, 5.41) is 2.71. The predicted octanol–water partition coefficient (Wildman–Crippen LogP) is 3.46. The van der Waals surface area contributed by atoms with Crippen molar-refractivity contribution in [3.05, 3.63) is 52.8 Å². The first-order valence-corrected chi connectivity index (χ1v) is 9.02. The molecular formula is C19H20BrFN2O4. The van der Waals surface area contributed by atoms with Crippen molar-refractivity contribution in [1.82, 2.24) is 4.90 Å². The normalized spacial score (nSPS) is 10.2. The van der Waals surface area contributed by atoms with Crippen LogP contribution in [0.5, 0.6) is 11.5 Å². The van der Waals surface area contributed by atoms with Crippen LogP contribution in [0.2, 0.25) is 0 Å². The highest BCUT2D eigenvalue weighted by atomic mass is 79.9. The van der Waals surface area contributed by atoms with Gasteiger partial charge in [-0.1, -0.05) is 28.1 Å². The highest BCUT2D eigenvalue weighted by molar-refractivity contribution is 9.10. The molecule has 2 amide bonds. The van der Waals surface area contributed by atoms with Gasteiger partial charge in [-0.25, -0.2) is 4.39 Å². The lowest BCUT2D eigenvalue weighted by atomic mass is 10.3. The second kappa shape index (κ2) is 9.91. The molecule has 0 unspecified atom stereocenters. The number of likely N-dealkylation sites (N-methyl/N-ethyl adjacent to an activating group) is 1. The zero-order chi connectivity index (χ0) is 19.8. The molecule has 6 nitrogen and oxygen atoms in total. The van der Waals surface area contributed by atoms with Gasteiger partial charge in [0, 0.05) is 11.0 Å². The minimum Gasteiger partial charge on any atom is -0.495 e. The largest absolute Gasteiger partial charge is 0.495 e. The highest BCUT2D eigenvalue weighted by Gasteiger charge is 2.18. The summed E-state index contributed by atoms with van der Waals surface area (Å²) >= 11 is 3.15. The van der Waals surface area contributed by atoms with Gasteiger partial charge in [-0.05, 0) is 37.3 Å². The fraction of sp³-hybridized carbons (Fsp3) is 0.263. The van der Waals surface area contributed by atoms with Crippen molar-refractivity contribution in [2.24, 2.45) is 0 Å². The number of nitrogens with zero attached hydrogens (tertiary/aromatic N) is 1. The minimum absolute atomic E-state index is 0.0268. The maximum atomic E-state index is 13.8. The van der Waals surface area contributed by atoms with Gasteiger partial charge in [0.15, 0.2) is 18.2 Å². The van der Waals surface area contributed by atoms with E-state index in [1.54, 1.807) is 37.3 Å². The number of hydrogen-bond acceptors (Lipinski definition) is 4. The number of carbonyl (C=O) groups is 2. The Morgan fingerprint density at radius 3 is 2.59 bits per heavy atom. The molecule has 0 aliphatic rings. The van der Waals surface area contributed by atoms with E-state index in [9.17, 15) is 14.0 Å². The molecule has 0 saturated carbocycles. The first-order valence-electron chi connectivity index (χ1n) is 8.23. The van der Waals surface area contributed by atoms with Crippen LogP contribution in [-0.2, 0) is 9.59 Å². The van der Waals surface area contributed by atoms with E-state index in [1.807, 2.05) is 0 Å². The van der Waals surface area contributed by atoms with Crippen LogP contribution in [0.4, 0.5) is 10.1 Å². The molecule has 1 N–H and O–H groups in total. The third-order valence-corrected chi connectivity index (χ3v) is 4.19. The number of ether oxygens (including phenoxy) is 2. The number of rotatable bonds is 8. The number of benzene rings is 2. The van der Waals surface area contributed by atoms with Crippen LogP contribution >= 0.6 is 15.9 Å². The molecule has 0 spiro atoms. The number of methoxy groups -OCH3 is 1. The van der Waals surface area contributed by atoms with Gasteiger partial charge in [0.25, 0.3) is 5.91 Å². The van der Waals surface area contributed by atoms with E-state index in [4.69, 9.17) is 9.47 Å². The summed E-state index contributed by atoms with van der Waals surface area (Å²) in [6, 6.07) is 11.3. The minimum atomic E-state index is -0.575. The number of para-hydroxylation sites is 2. The summed E-state index contributed by atoms with van der Waals surface area (Å²) in [5.41, 5.74) is 0.515. The number of halogens is 2. The van der Waals surface area contributed by atoms with Gasteiger partial charge in [0.2, 0.25) is 5.91 Å². The molecule has 8 heteroatoms. The molecule has 0 bridgehead atoms. The van der Waals surface area contributed by atoms with Crippen molar-refractivity contribution in [2.45, 2.75) is 6.92 Å². The molecule has 2 aromatic carbocycles. The summed E-state index contributed by atoms with van der Waals surface area (Å²) in [5.74, 6) is -0.871. The van der Waals surface area contributed by atoms with Crippen molar-refractivity contribution < 1.29 is 23.5 Å². The third-order valence-electron chi connectivity index (χ3n) is 3.70. The molecule has 2 aromatic rings. The first kappa shape index (κ1) is 20.7. The number of nitrogens with one attached hydrogen (secondary N) is 1. The van der Waals surface area contributed by atoms with E-state index < -0.39 is 11.7 Å². The summed E-state index contributed by atoms with van der Waals surface area (Å²) in [7, 11) is 1.51. The molecule has 0 saturated heterocycles. The highest BCUT2D eigenvalue weighted by Crippen LogP contribution is 2.23. The standard InChI is InChI=1S/C19H20BrFN2O4/c1-3-23(11-18(24)22-15-6-4-5-7-17(15)26-2)19(25)12-27-16-9-8-13(20)10-14(16)21/h4-10H,3,11-12H2,1-2H3,(H,22,24). The summed E-state index contributed by atoms with van der Waals surface area (Å²) in [4.78, 5) is 25.9. The van der Waals surface area contributed by atoms with E-state index in [-0.39, 0.29) is 24.8 Å². The molecule has 0 aromatic heterocycles. The van der Waals surface area contributed by atoms with E-state index >= 15 is 0 Å². The SMILES string of the molecule is CCN(CC(=O)Nc1ccccc1OC)C(=O)COc1ccc(Br)cc1F. The van der Waals surface area contributed by atoms with Crippen molar-refractivity contribution in [3.8, 4) is 11.5 Å². The summed E-state index contributed by atoms with van der Waals surface area (Å²) in [6.07, 6.45) is 0. The number of hydrogen-bond donors (Lipinski definition) is 1. The molecule has 0 heterocycles. The van der Waals surface area contributed by atoms with Gasteiger partial charge in [-0.15, -0.1) is 0 Å². The Morgan fingerprint density at radius 1 is 1.19 bits per heavy atom. The van der Waals surface area contributed by atoms with E-state index in [2.05, 4.69) is 21.2 Å². The van der Waals surface area contributed by atoms with Gasteiger partial charge in [-0.2, -0.15) is 0 Å². The Balaban J connectivity index is 1.93. The van der Waals surface area contributed by atoms with Crippen molar-refractivity contribution in [3.63, 3.8) is 0 Å². The third kappa shape index (κ3) is 5.96. The van der Waals surface area contributed by atoms with Crippen LogP contribution < -0.4 is 14.8 Å². The lowest BCUT2D eigenvalue weighted by molar-refractivity contribution is -0.136.